The maximum atomic E-state index is 12.7. The molecule has 0 fully saturated rings. The van der Waals surface area contributed by atoms with Crippen LogP contribution in [0.15, 0.2) is 73.1 Å². The number of pyridine rings is 2. The van der Waals surface area contributed by atoms with Crippen molar-refractivity contribution in [2.24, 2.45) is 0 Å². The molecule has 2 aromatic carbocycles. The molecule has 39 heavy (non-hydrogen) atoms. The quantitative estimate of drug-likeness (QED) is 0.152. The standard InChI is InChI=1S/2C14H12F3N.2CH3.Ir/c2*1-9-3-4-18-13(7-9)11-5-10(2)6-12(8-11)14(15,16)17;;;/h2*3-8H,1-2H3;2*1H3;/q;;2*-1;. The predicted octanol–water partition coefficient (Wildman–Crippen LogP) is 9.67. The molecule has 0 saturated heterocycles. The van der Waals surface area contributed by atoms with Gasteiger partial charge in [-0.3, -0.25) is 9.97 Å². The van der Waals surface area contributed by atoms with Crippen LogP contribution in [0.5, 0.6) is 0 Å². The van der Waals surface area contributed by atoms with Crippen LogP contribution in [0.3, 0.4) is 0 Å². The Kier molecular flexibility index (Phi) is 13.3. The van der Waals surface area contributed by atoms with Gasteiger partial charge in [-0.2, -0.15) is 26.3 Å². The summed E-state index contributed by atoms with van der Waals surface area (Å²) < 4.78 is 76.3. The summed E-state index contributed by atoms with van der Waals surface area (Å²) in [4.78, 5) is 8.21. The second kappa shape index (κ2) is 14.4. The van der Waals surface area contributed by atoms with Crippen molar-refractivity contribution in [3.63, 3.8) is 0 Å². The van der Waals surface area contributed by atoms with Gasteiger partial charge in [0.05, 0.1) is 22.5 Å². The Bertz CT molecular complexity index is 1260. The fraction of sp³-hybridized carbons (Fsp3) is 0.200. The first kappa shape index (κ1) is 36.0. The maximum absolute atomic E-state index is 12.7. The maximum Gasteiger partial charge on any atom is 0.416 e. The van der Waals surface area contributed by atoms with Crippen molar-refractivity contribution in [1.29, 1.82) is 0 Å². The van der Waals surface area contributed by atoms with Crippen LogP contribution in [0.25, 0.3) is 22.5 Å². The molecule has 2 heterocycles. The van der Waals surface area contributed by atoms with Crippen molar-refractivity contribution in [2.45, 2.75) is 40.0 Å². The minimum Gasteiger partial charge on any atom is -0.358 e. The molecule has 9 heteroatoms. The minimum absolute atomic E-state index is 0. The van der Waals surface area contributed by atoms with Crippen LogP contribution < -0.4 is 0 Å². The molecule has 0 aliphatic rings. The van der Waals surface area contributed by atoms with Gasteiger partial charge in [0.15, 0.2) is 0 Å². The van der Waals surface area contributed by atoms with Gasteiger partial charge in [0, 0.05) is 43.6 Å². The number of halogens is 6. The van der Waals surface area contributed by atoms with Crippen LogP contribution in [0.2, 0.25) is 0 Å². The van der Waals surface area contributed by atoms with Crippen LogP contribution >= 0.6 is 0 Å². The molecule has 0 aliphatic heterocycles. The molecule has 0 saturated carbocycles. The predicted molar refractivity (Wildman–Crippen MR) is 141 cm³/mol. The Hall–Kier alpha value is -3.03. The van der Waals surface area contributed by atoms with E-state index in [4.69, 9.17) is 0 Å². The molecule has 2 aromatic heterocycles. The van der Waals surface area contributed by atoms with E-state index in [1.165, 1.54) is 0 Å². The van der Waals surface area contributed by atoms with Crippen molar-refractivity contribution < 1.29 is 46.4 Å². The van der Waals surface area contributed by atoms with E-state index in [-0.39, 0.29) is 35.0 Å². The van der Waals surface area contributed by atoms with Gasteiger partial charge >= 0.3 is 12.4 Å². The number of hydrogen-bond acceptors (Lipinski definition) is 2. The van der Waals surface area contributed by atoms with Crippen molar-refractivity contribution >= 4 is 0 Å². The molecule has 4 rings (SSSR count). The van der Waals surface area contributed by atoms with Crippen molar-refractivity contribution in [1.82, 2.24) is 9.97 Å². The first-order valence-corrected chi connectivity index (χ1v) is 11.0. The number of aromatic nitrogens is 2. The van der Waals surface area contributed by atoms with Crippen LogP contribution in [0.4, 0.5) is 26.3 Å². The second-order valence-corrected chi connectivity index (χ2v) is 8.61. The number of aryl methyl sites for hydroxylation is 4. The summed E-state index contributed by atoms with van der Waals surface area (Å²) in [7, 11) is 0. The van der Waals surface area contributed by atoms with Crippen LogP contribution in [0, 0.1) is 42.5 Å². The average Bonchev–Trinajstić information content (AvgIpc) is 2.77. The number of alkyl halides is 6. The third kappa shape index (κ3) is 10.2. The molecular formula is C30H30F6IrN2-2. The van der Waals surface area contributed by atoms with E-state index < -0.39 is 23.5 Å². The van der Waals surface area contributed by atoms with Crippen molar-refractivity contribution in [3.8, 4) is 22.5 Å². The molecule has 0 unspecified atom stereocenters. The number of nitrogens with zero attached hydrogens (tertiary/aromatic N) is 2. The Morgan fingerprint density at radius 2 is 0.821 bits per heavy atom. The summed E-state index contributed by atoms with van der Waals surface area (Å²) in [5, 5.41) is 0. The third-order valence-corrected chi connectivity index (χ3v) is 5.23. The summed E-state index contributed by atoms with van der Waals surface area (Å²) in [6.07, 6.45) is -5.46. The number of benzene rings is 2. The normalized spacial score (nSPS) is 10.7. The fourth-order valence-corrected chi connectivity index (χ4v) is 3.58. The monoisotopic (exact) mass is 725 g/mol. The zero-order chi connectivity index (χ0) is 26.7. The van der Waals surface area contributed by atoms with Gasteiger partial charge in [-0.1, -0.05) is 0 Å². The molecule has 0 N–H and O–H groups in total. The third-order valence-electron chi connectivity index (χ3n) is 5.23. The minimum atomic E-state index is -4.33. The molecule has 0 amide bonds. The van der Waals surface area contributed by atoms with E-state index in [1.807, 2.05) is 26.0 Å². The zero-order valence-electron chi connectivity index (χ0n) is 22.4. The van der Waals surface area contributed by atoms with E-state index >= 15 is 0 Å². The van der Waals surface area contributed by atoms with E-state index in [9.17, 15) is 26.3 Å². The second-order valence-electron chi connectivity index (χ2n) is 8.61. The topological polar surface area (TPSA) is 25.8 Å². The Labute approximate surface area is 239 Å². The fourth-order valence-electron chi connectivity index (χ4n) is 3.58. The molecule has 1 radical (unpaired) electrons. The molecule has 0 atom stereocenters. The van der Waals surface area contributed by atoms with Gasteiger partial charge in [0.1, 0.15) is 0 Å². The largest absolute Gasteiger partial charge is 0.416 e. The van der Waals surface area contributed by atoms with E-state index in [0.29, 0.717) is 33.6 Å². The van der Waals surface area contributed by atoms with E-state index in [1.54, 1.807) is 50.5 Å². The Morgan fingerprint density at radius 1 is 0.487 bits per heavy atom. The summed E-state index contributed by atoms with van der Waals surface area (Å²) in [6.45, 7) is 7.06. The van der Waals surface area contributed by atoms with E-state index in [2.05, 4.69) is 9.97 Å². The van der Waals surface area contributed by atoms with Gasteiger partial charge in [-0.15, -0.1) is 0 Å². The SMILES string of the molecule is Cc1cc(-c2cc(C)ccn2)cc(C(F)(F)F)c1.Cc1cc(-c2cc(C)ccn2)cc(C(F)(F)F)c1.[CH3-].[CH3-].[Ir]. The summed E-state index contributed by atoms with van der Waals surface area (Å²) in [5.41, 5.74) is 3.91. The summed E-state index contributed by atoms with van der Waals surface area (Å²) in [5.74, 6) is 0. The van der Waals surface area contributed by atoms with Crippen LogP contribution in [0.1, 0.15) is 33.4 Å². The van der Waals surface area contributed by atoms with E-state index in [0.717, 1.165) is 35.4 Å². The molecule has 0 bridgehead atoms. The van der Waals surface area contributed by atoms with Gasteiger partial charge in [-0.25, -0.2) is 0 Å². The van der Waals surface area contributed by atoms with Crippen LogP contribution in [-0.4, -0.2) is 9.97 Å². The Morgan fingerprint density at radius 3 is 1.10 bits per heavy atom. The van der Waals surface area contributed by atoms with Gasteiger partial charge < -0.3 is 14.9 Å². The molecule has 2 nitrogen and oxygen atoms in total. The zero-order valence-corrected chi connectivity index (χ0v) is 24.8. The summed E-state index contributed by atoms with van der Waals surface area (Å²) >= 11 is 0. The van der Waals surface area contributed by atoms with Gasteiger partial charge in [0.2, 0.25) is 0 Å². The Balaban J connectivity index is 0.000000688. The molecule has 0 spiro atoms. The van der Waals surface area contributed by atoms with Crippen LogP contribution in [-0.2, 0) is 32.5 Å². The number of rotatable bonds is 2. The molecular weight excluding hydrogens is 695 g/mol. The smallest absolute Gasteiger partial charge is 0.358 e. The molecule has 213 valence electrons. The average molecular weight is 725 g/mol. The van der Waals surface area contributed by atoms with Gasteiger partial charge in [-0.05, 0) is 111 Å². The first-order valence-electron chi connectivity index (χ1n) is 11.0. The number of hydrogen-bond donors (Lipinski definition) is 0. The van der Waals surface area contributed by atoms with Gasteiger partial charge in [0.25, 0.3) is 0 Å². The van der Waals surface area contributed by atoms with Crippen molar-refractivity contribution in [3.05, 3.63) is 121 Å². The van der Waals surface area contributed by atoms with Crippen molar-refractivity contribution in [2.75, 3.05) is 0 Å². The molecule has 4 aromatic rings. The summed E-state index contributed by atoms with van der Waals surface area (Å²) in [6, 6.07) is 15.1. The first-order chi connectivity index (χ1) is 16.7. The molecule has 0 aliphatic carbocycles.